The summed E-state index contributed by atoms with van der Waals surface area (Å²) in [4.78, 5) is 11.2. The maximum Gasteiger partial charge on any atom is 0.346 e. The summed E-state index contributed by atoms with van der Waals surface area (Å²) in [5.74, 6) is -0.533. The standard InChI is InChI=1S/C32H25NO2/c33-19-25(32(34)35)18-20-6-8-22(9-7-20)27-15-11-24-12-16-28-26(21-4-2-1-3-5-21)14-10-23-13-17-29(27)31(24)30(23)28/h1-5,10-18,20,22H,6-9H2,(H,34,35)/b25-18+. The van der Waals surface area contributed by atoms with Crippen LogP contribution in [0.25, 0.3) is 43.4 Å². The number of allylic oxidation sites excluding steroid dienone is 1. The molecule has 170 valence electrons. The number of aliphatic carboxylic acids is 1. The predicted molar refractivity (Wildman–Crippen MR) is 142 cm³/mol. The molecule has 1 N–H and O–H groups in total. The van der Waals surface area contributed by atoms with Crippen LogP contribution in [0.1, 0.15) is 37.2 Å². The molecule has 3 heteroatoms. The van der Waals surface area contributed by atoms with Gasteiger partial charge >= 0.3 is 5.97 Å². The van der Waals surface area contributed by atoms with Crippen molar-refractivity contribution in [2.45, 2.75) is 31.6 Å². The highest BCUT2D eigenvalue weighted by molar-refractivity contribution is 6.26. The first kappa shape index (κ1) is 21.4. The first-order chi connectivity index (χ1) is 17.1. The van der Waals surface area contributed by atoms with E-state index in [4.69, 9.17) is 5.26 Å². The molecule has 0 aromatic heterocycles. The fourth-order valence-corrected chi connectivity index (χ4v) is 6.04. The summed E-state index contributed by atoms with van der Waals surface area (Å²) in [6.45, 7) is 0. The zero-order chi connectivity index (χ0) is 23.9. The van der Waals surface area contributed by atoms with Crippen LogP contribution in [-0.2, 0) is 4.79 Å². The Labute approximate surface area is 204 Å². The van der Waals surface area contributed by atoms with Crippen molar-refractivity contribution in [2.75, 3.05) is 0 Å². The van der Waals surface area contributed by atoms with Crippen molar-refractivity contribution >= 4 is 38.3 Å². The van der Waals surface area contributed by atoms with Gasteiger partial charge in [0.15, 0.2) is 0 Å². The Morgan fingerprint density at radius 1 is 0.800 bits per heavy atom. The Morgan fingerprint density at radius 2 is 1.43 bits per heavy atom. The number of carboxylic acids is 1. The van der Waals surface area contributed by atoms with Gasteiger partial charge in [-0.05, 0) is 86.5 Å². The highest BCUT2D eigenvalue weighted by Crippen LogP contribution is 2.44. The highest BCUT2D eigenvalue weighted by Gasteiger charge is 2.25. The lowest BCUT2D eigenvalue weighted by Gasteiger charge is -2.28. The van der Waals surface area contributed by atoms with Crippen molar-refractivity contribution in [1.82, 2.24) is 0 Å². The Hall–Kier alpha value is -4.16. The fraction of sp³-hybridized carbons (Fsp3) is 0.188. The molecule has 1 aliphatic carbocycles. The number of hydrogen-bond acceptors (Lipinski definition) is 2. The summed E-state index contributed by atoms with van der Waals surface area (Å²) in [6, 6.07) is 30.5. The molecule has 0 aliphatic heterocycles. The number of carbonyl (C=O) groups is 1. The van der Waals surface area contributed by atoms with Gasteiger partial charge in [-0.25, -0.2) is 4.79 Å². The molecule has 3 nitrogen and oxygen atoms in total. The summed E-state index contributed by atoms with van der Waals surface area (Å²) in [5, 5.41) is 26.1. The van der Waals surface area contributed by atoms with E-state index in [-0.39, 0.29) is 11.5 Å². The van der Waals surface area contributed by atoms with Crippen molar-refractivity contribution in [3.63, 3.8) is 0 Å². The minimum atomic E-state index is -1.13. The second-order valence-electron chi connectivity index (χ2n) is 9.67. The molecule has 0 atom stereocenters. The zero-order valence-corrected chi connectivity index (χ0v) is 19.4. The Bertz CT molecular complexity index is 1630. The molecule has 1 fully saturated rings. The van der Waals surface area contributed by atoms with Gasteiger partial charge in [-0.15, -0.1) is 0 Å². The van der Waals surface area contributed by atoms with E-state index in [1.165, 1.54) is 49.0 Å². The number of nitriles is 1. The number of benzene rings is 5. The molecule has 0 heterocycles. The van der Waals surface area contributed by atoms with Gasteiger partial charge in [-0.1, -0.05) is 84.9 Å². The van der Waals surface area contributed by atoms with Crippen LogP contribution in [0, 0.1) is 17.2 Å². The van der Waals surface area contributed by atoms with Crippen LogP contribution < -0.4 is 0 Å². The maximum atomic E-state index is 11.2. The molecule has 35 heavy (non-hydrogen) atoms. The molecule has 0 spiro atoms. The van der Waals surface area contributed by atoms with E-state index in [9.17, 15) is 9.90 Å². The Morgan fingerprint density at radius 3 is 2.11 bits per heavy atom. The van der Waals surface area contributed by atoms with Gasteiger partial charge < -0.3 is 5.11 Å². The quantitative estimate of drug-likeness (QED) is 0.169. The van der Waals surface area contributed by atoms with Gasteiger partial charge in [0.25, 0.3) is 0 Å². The van der Waals surface area contributed by atoms with Crippen molar-refractivity contribution < 1.29 is 9.90 Å². The van der Waals surface area contributed by atoms with Crippen LogP contribution in [0.5, 0.6) is 0 Å². The lowest BCUT2D eigenvalue weighted by molar-refractivity contribution is -0.132. The highest BCUT2D eigenvalue weighted by atomic mass is 16.4. The summed E-state index contributed by atoms with van der Waals surface area (Å²) < 4.78 is 0. The summed E-state index contributed by atoms with van der Waals surface area (Å²) >= 11 is 0. The van der Waals surface area contributed by atoms with Crippen molar-refractivity contribution in [1.29, 1.82) is 5.26 Å². The van der Waals surface area contributed by atoms with Gasteiger partial charge in [-0.3, -0.25) is 0 Å². The van der Waals surface area contributed by atoms with Crippen LogP contribution >= 0.6 is 0 Å². The first-order valence-electron chi connectivity index (χ1n) is 12.2. The Kier molecular flexibility index (Phi) is 5.23. The smallest absolute Gasteiger partial charge is 0.346 e. The molecule has 0 radical (unpaired) electrons. The average molecular weight is 456 g/mol. The first-order valence-corrected chi connectivity index (χ1v) is 12.2. The predicted octanol–water partition coefficient (Wildman–Crippen LogP) is 8.06. The van der Waals surface area contributed by atoms with E-state index < -0.39 is 5.97 Å². The molecule has 5 aromatic rings. The van der Waals surface area contributed by atoms with E-state index >= 15 is 0 Å². The van der Waals surface area contributed by atoms with E-state index in [0.29, 0.717) is 5.92 Å². The molecular formula is C32H25NO2. The van der Waals surface area contributed by atoms with Crippen LogP contribution in [0.3, 0.4) is 0 Å². The fourth-order valence-electron chi connectivity index (χ4n) is 6.04. The summed E-state index contributed by atoms with van der Waals surface area (Å²) in [7, 11) is 0. The number of rotatable bonds is 4. The van der Waals surface area contributed by atoms with E-state index in [1.807, 2.05) is 6.07 Å². The van der Waals surface area contributed by atoms with E-state index in [2.05, 4.69) is 78.9 Å². The van der Waals surface area contributed by atoms with E-state index in [0.717, 1.165) is 25.7 Å². The molecule has 0 bridgehead atoms. The summed E-state index contributed by atoms with van der Waals surface area (Å²) in [6.07, 6.45) is 5.47. The molecule has 5 aromatic carbocycles. The third-order valence-electron chi connectivity index (χ3n) is 7.75. The molecule has 1 saturated carbocycles. The normalized spacial score (nSPS) is 18.8. The molecule has 1 aliphatic rings. The maximum absolute atomic E-state index is 11.2. The molecule has 6 rings (SSSR count). The molecule has 0 amide bonds. The minimum absolute atomic E-state index is 0.134. The van der Waals surface area contributed by atoms with Crippen molar-refractivity contribution in [2.24, 2.45) is 5.92 Å². The van der Waals surface area contributed by atoms with E-state index in [1.54, 1.807) is 6.08 Å². The summed E-state index contributed by atoms with van der Waals surface area (Å²) in [5.41, 5.74) is 3.75. The molecular weight excluding hydrogens is 430 g/mol. The van der Waals surface area contributed by atoms with Crippen molar-refractivity contribution in [3.8, 4) is 17.2 Å². The van der Waals surface area contributed by atoms with Crippen LogP contribution in [0.4, 0.5) is 0 Å². The molecule has 0 unspecified atom stereocenters. The van der Waals surface area contributed by atoms with Crippen LogP contribution in [0.15, 0.2) is 90.5 Å². The zero-order valence-electron chi connectivity index (χ0n) is 19.4. The lowest BCUT2D eigenvalue weighted by Crippen LogP contribution is -2.13. The number of carboxylic acid groups (broad SMARTS) is 1. The van der Waals surface area contributed by atoms with Gasteiger partial charge in [0, 0.05) is 0 Å². The SMILES string of the molecule is N#C/C(=C\C1CCC(c2ccc3ccc4c(-c5ccccc5)ccc5ccc2c3c54)CC1)C(=O)O. The number of hydrogen-bond donors (Lipinski definition) is 1. The van der Waals surface area contributed by atoms with Crippen molar-refractivity contribution in [3.05, 3.63) is 96.1 Å². The van der Waals surface area contributed by atoms with Gasteiger partial charge in [0.05, 0.1) is 0 Å². The second-order valence-corrected chi connectivity index (χ2v) is 9.67. The average Bonchev–Trinajstić information content (AvgIpc) is 2.91. The Balaban J connectivity index is 1.43. The van der Waals surface area contributed by atoms with Crippen LogP contribution in [-0.4, -0.2) is 11.1 Å². The number of nitrogens with zero attached hydrogens (tertiary/aromatic N) is 1. The van der Waals surface area contributed by atoms with Gasteiger partial charge in [-0.2, -0.15) is 5.26 Å². The lowest BCUT2D eigenvalue weighted by atomic mass is 9.76. The topological polar surface area (TPSA) is 61.1 Å². The van der Waals surface area contributed by atoms with Gasteiger partial charge in [0.1, 0.15) is 11.6 Å². The van der Waals surface area contributed by atoms with Crippen LogP contribution in [0.2, 0.25) is 0 Å². The van der Waals surface area contributed by atoms with Gasteiger partial charge in [0.2, 0.25) is 0 Å². The monoisotopic (exact) mass is 455 g/mol. The largest absolute Gasteiger partial charge is 0.477 e. The third-order valence-corrected chi connectivity index (χ3v) is 7.75. The molecule has 0 saturated heterocycles. The minimum Gasteiger partial charge on any atom is -0.477 e. The third kappa shape index (κ3) is 3.63. The second kappa shape index (κ2) is 8.56.